The SMILES string of the molecule is CN(Cc1ccccc1)C(=O)c1cnn(-c2cccc(Cl)c2)c1-c1ccc(Cl)cc1. The second kappa shape index (κ2) is 8.74. The molecule has 6 heteroatoms. The van der Waals surface area contributed by atoms with E-state index in [1.54, 1.807) is 41.0 Å². The number of amides is 1. The largest absolute Gasteiger partial charge is 0.337 e. The van der Waals surface area contributed by atoms with Gasteiger partial charge in [-0.25, -0.2) is 4.68 Å². The first-order valence-electron chi connectivity index (χ1n) is 9.42. The summed E-state index contributed by atoms with van der Waals surface area (Å²) < 4.78 is 1.73. The minimum atomic E-state index is -0.114. The summed E-state index contributed by atoms with van der Waals surface area (Å²) in [4.78, 5) is 15.0. The molecule has 4 nitrogen and oxygen atoms in total. The maximum absolute atomic E-state index is 13.3. The molecule has 0 aliphatic heterocycles. The molecule has 30 heavy (non-hydrogen) atoms. The summed E-state index contributed by atoms with van der Waals surface area (Å²) in [5.41, 5.74) is 3.88. The highest BCUT2D eigenvalue weighted by molar-refractivity contribution is 6.31. The molecule has 150 valence electrons. The van der Waals surface area contributed by atoms with Crippen LogP contribution in [-0.4, -0.2) is 27.6 Å². The van der Waals surface area contributed by atoms with Crippen molar-refractivity contribution in [2.45, 2.75) is 6.54 Å². The quantitative estimate of drug-likeness (QED) is 0.378. The molecule has 0 aliphatic rings. The van der Waals surface area contributed by atoms with E-state index in [1.165, 1.54) is 0 Å². The Kier molecular flexibility index (Phi) is 5.88. The number of hydrogen-bond acceptors (Lipinski definition) is 2. The number of benzene rings is 3. The minimum Gasteiger partial charge on any atom is -0.337 e. The number of hydrogen-bond donors (Lipinski definition) is 0. The Morgan fingerprint density at radius 1 is 0.933 bits per heavy atom. The van der Waals surface area contributed by atoms with Crippen LogP contribution in [0.15, 0.2) is 85.1 Å². The average Bonchev–Trinajstić information content (AvgIpc) is 3.19. The molecule has 1 amide bonds. The molecule has 0 atom stereocenters. The molecule has 1 heterocycles. The van der Waals surface area contributed by atoms with E-state index in [4.69, 9.17) is 23.2 Å². The zero-order valence-electron chi connectivity index (χ0n) is 16.3. The van der Waals surface area contributed by atoms with Crippen LogP contribution in [0.3, 0.4) is 0 Å². The first-order chi connectivity index (χ1) is 14.5. The Hall–Kier alpha value is -3.08. The lowest BCUT2D eigenvalue weighted by Gasteiger charge is -2.18. The van der Waals surface area contributed by atoms with E-state index >= 15 is 0 Å². The molecule has 3 aromatic carbocycles. The molecule has 0 unspecified atom stereocenters. The molecular weight excluding hydrogens is 417 g/mol. The van der Waals surface area contributed by atoms with Crippen molar-refractivity contribution >= 4 is 29.1 Å². The summed E-state index contributed by atoms with van der Waals surface area (Å²) in [7, 11) is 1.79. The van der Waals surface area contributed by atoms with Crippen molar-refractivity contribution in [3.63, 3.8) is 0 Å². The van der Waals surface area contributed by atoms with Gasteiger partial charge >= 0.3 is 0 Å². The van der Waals surface area contributed by atoms with Crippen molar-refractivity contribution in [3.05, 3.63) is 106 Å². The topological polar surface area (TPSA) is 38.1 Å². The van der Waals surface area contributed by atoms with Gasteiger partial charge in [-0.1, -0.05) is 71.7 Å². The third kappa shape index (κ3) is 4.25. The van der Waals surface area contributed by atoms with E-state index in [0.29, 0.717) is 27.8 Å². The van der Waals surface area contributed by atoms with E-state index in [2.05, 4.69) is 5.10 Å². The zero-order valence-corrected chi connectivity index (χ0v) is 17.8. The molecule has 0 fully saturated rings. The Bertz CT molecular complexity index is 1170. The van der Waals surface area contributed by atoms with E-state index in [0.717, 1.165) is 16.8 Å². The Morgan fingerprint density at radius 2 is 1.67 bits per heavy atom. The van der Waals surface area contributed by atoms with Gasteiger partial charge in [-0.3, -0.25) is 4.79 Å². The van der Waals surface area contributed by atoms with Crippen LogP contribution in [0.4, 0.5) is 0 Å². The highest BCUT2D eigenvalue weighted by atomic mass is 35.5. The van der Waals surface area contributed by atoms with Crippen molar-refractivity contribution in [1.29, 1.82) is 0 Å². The van der Waals surface area contributed by atoms with E-state index in [1.807, 2.05) is 60.7 Å². The maximum Gasteiger partial charge on any atom is 0.257 e. The van der Waals surface area contributed by atoms with Gasteiger partial charge in [-0.2, -0.15) is 5.10 Å². The Labute approximate surface area is 185 Å². The first kappa shape index (κ1) is 20.2. The standard InChI is InChI=1S/C24H19Cl2N3O/c1-28(16-17-6-3-2-4-7-17)24(30)22-15-27-29(21-9-5-8-20(26)14-21)23(22)18-10-12-19(25)13-11-18/h2-15H,16H2,1H3. The average molecular weight is 436 g/mol. The third-order valence-corrected chi connectivity index (χ3v) is 5.27. The molecule has 0 N–H and O–H groups in total. The second-order valence-corrected chi connectivity index (χ2v) is 7.83. The summed E-state index contributed by atoms with van der Waals surface area (Å²) in [6.07, 6.45) is 1.61. The van der Waals surface area contributed by atoms with Gasteiger partial charge in [0, 0.05) is 29.2 Å². The number of rotatable bonds is 5. The van der Waals surface area contributed by atoms with Crippen LogP contribution < -0.4 is 0 Å². The number of aromatic nitrogens is 2. The van der Waals surface area contributed by atoms with Gasteiger partial charge in [0.05, 0.1) is 23.1 Å². The number of halogens is 2. The molecule has 0 bridgehead atoms. The van der Waals surface area contributed by atoms with Crippen molar-refractivity contribution < 1.29 is 4.79 Å². The zero-order chi connectivity index (χ0) is 21.1. The lowest BCUT2D eigenvalue weighted by atomic mass is 10.1. The Balaban J connectivity index is 1.77. The van der Waals surface area contributed by atoms with E-state index in [-0.39, 0.29) is 5.91 Å². The van der Waals surface area contributed by atoms with Gasteiger partial charge in [0.25, 0.3) is 5.91 Å². The van der Waals surface area contributed by atoms with Crippen LogP contribution in [0, 0.1) is 0 Å². The van der Waals surface area contributed by atoms with Crippen molar-refractivity contribution in [2.24, 2.45) is 0 Å². The monoisotopic (exact) mass is 435 g/mol. The predicted octanol–water partition coefficient (Wildman–Crippen LogP) is 6.12. The Morgan fingerprint density at radius 3 is 2.37 bits per heavy atom. The molecule has 4 rings (SSSR count). The lowest BCUT2D eigenvalue weighted by molar-refractivity contribution is 0.0786. The smallest absolute Gasteiger partial charge is 0.257 e. The van der Waals surface area contributed by atoms with Crippen molar-refractivity contribution in [3.8, 4) is 16.9 Å². The number of carbonyl (C=O) groups excluding carboxylic acids is 1. The third-order valence-electron chi connectivity index (χ3n) is 4.78. The van der Waals surface area contributed by atoms with Gasteiger partial charge in [-0.05, 0) is 35.9 Å². The van der Waals surface area contributed by atoms with E-state index in [9.17, 15) is 4.79 Å². The van der Waals surface area contributed by atoms with Gasteiger partial charge < -0.3 is 4.90 Å². The molecule has 0 saturated heterocycles. The fraction of sp³-hybridized carbons (Fsp3) is 0.0833. The highest BCUT2D eigenvalue weighted by Gasteiger charge is 2.23. The summed E-state index contributed by atoms with van der Waals surface area (Å²) in [5, 5.41) is 5.74. The van der Waals surface area contributed by atoms with Crippen LogP contribution in [0.5, 0.6) is 0 Å². The van der Waals surface area contributed by atoms with E-state index < -0.39 is 0 Å². The maximum atomic E-state index is 13.3. The molecule has 1 aromatic heterocycles. The van der Waals surface area contributed by atoms with Crippen LogP contribution in [0.25, 0.3) is 16.9 Å². The highest BCUT2D eigenvalue weighted by Crippen LogP contribution is 2.29. The molecular formula is C24H19Cl2N3O. The number of nitrogens with zero attached hydrogens (tertiary/aromatic N) is 3. The molecule has 4 aromatic rings. The lowest BCUT2D eigenvalue weighted by Crippen LogP contribution is -2.26. The molecule has 0 aliphatic carbocycles. The summed E-state index contributed by atoms with van der Waals surface area (Å²) >= 11 is 12.3. The summed E-state index contributed by atoms with van der Waals surface area (Å²) in [6, 6.07) is 24.6. The van der Waals surface area contributed by atoms with Crippen LogP contribution in [0.2, 0.25) is 10.0 Å². The second-order valence-electron chi connectivity index (χ2n) is 6.95. The minimum absolute atomic E-state index is 0.114. The van der Waals surface area contributed by atoms with Crippen LogP contribution in [-0.2, 0) is 6.54 Å². The van der Waals surface area contributed by atoms with Gasteiger partial charge in [-0.15, -0.1) is 0 Å². The molecule has 0 radical (unpaired) electrons. The van der Waals surface area contributed by atoms with Gasteiger partial charge in [0.2, 0.25) is 0 Å². The van der Waals surface area contributed by atoms with Crippen molar-refractivity contribution in [1.82, 2.24) is 14.7 Å². The first-order valence-corrected chi connectivity index (χ1v) is 10.2. The predicted molar refractivity (Wildman–Crippen MR) is 121 cm³/mol. The molecule has 0 saturated carbocycles. The molecule has 0 spiro atoms. The van der Waals surface area contributed by atoms with Gasteiger partial charge in [0.15, 0.2) is 0 Å². The normalized spacial score (nSPS) is 10.8. The van der Waals surface area contributed by atoms with Gasteiger partial charge in [0.1, 0.15) is 0 Å². The van der Waals surface area contributed by atoms with Crippen molar-refractivity contribution in [2.75, 3.05) is 7.05 Å². The fourth-order valence-electron chi connectivity index (χ4n) is 3.33. The fourth-order valence-corrected chi connectivity index (χ4v) is 3.64. The van der Waals surface area contributed by atoms with Crippen LogP contribution in [0.1, 0.15) is 15.9 Å². The van der Waals surface area contributed by atoms with Crippen LogP contribution >= 0.6 is 23.2 Å². The summed E-state index contributed by atoms with van der Waals surface area (Å²) in [6.45, 7) is 0.502. The summed E-state index contributed by atoms with van der Waals surface area (Å²) in [5.74, 6) is -0.114. The number of carbonyl (C=O) groups is 1.